The average Bonchev–Trinajstić information content (AvgIpc) is 2.89. The maximum atomic E-state index is 13.9. The van der Waals surface area contributed by atoms with Gasteiger partial charge in [0.05, 0.1) is 5.69 Å². The van der Waals surface area contributed by atoms with E-state index in [0.29, 0.717) is 6.07 Å². The highest BCUT2D eigenvalue weighted by atomic mass is 32.2. The zero-order valence-electron chi connectivity index (χ0n) is 14.1. The van der Waals surface area contributed by atoms with Crippen molar-refractivity contribution in [3.8, 4) is 0 Å². The number of benzene rings is 1. The summed E-state index contributed by atoms with van der Waals surface area (Å²) in [5.41, 5.74) is -0.335. The summed E-state index contributed by atoms with van der Waals surface area (Å²) in [5.74, 6) is -5.23. The van der Waals surface area contributed by atoms with Crippen molar-refractivity contribution in [1.82, 2.24) is 9.88 Å². The summed E-state index contributed by atoms with van der Waals surface area (Å²) in [6.45, 7) is 3.35. The number of rotatable bonds is 6. The summed E-state index contributed by atoms with van der Waals surface area (Å²) in [7, 11) is -3.98. The maximum Gasteiger partial charge on any atom is 0.246 e. The standard InChI is InChI=1S/C15H16F3N3O4S/c1-8-15(9(2)25-20-8)26(23,24)19-6-7-21(10(3)22)12-5-4-11(16)13(17)14(12)18/h4-5,19H,6-7H2,1-3H3. The van der Waals surface area contributed by atoms with Crippen LogP contribution >= 0.6 is 0 Å². The van der Waals surface area contributed by atoms with E-state index in [9.17, 15) is 26.4 Å². The average molecular weight is 391 g/mol. The highest BCUT2D eigenvalue weighted by Gasteiger charge is 2.25. The van der Waals surface area contributed by atoms with Crippen LogP contribution in [-0.2, 0) is 14.8 Å². The third-order valence-corrected chi connectivity index (χ3v) is 5.25. The number of carbonyl (C=O) groups excluding carboxylic acids is 1. The topological polar surface area (TPSA) is 92.5 Å². The van der Waals surface area contributed by atoms with Crippen LogP contribution in [0.3, 0.4) is 0 Å². The molecule has 11 heteroatoms. The lowest BCUT2D eigenvalue weighted by Gasteiger charge is -2.22. The van der Waals surface area contributed by atoms with E-state index in [1.807, 2.05) is 0 Å². The second kappa shape index (κ2) is 7.46. The lowest BCUT2D eigenvalue weighted by atomic mass is 10.2. The van der Waals surface area contributed by atoms with E-state index < -0.39 is 39.1 Å². The van der Waals surface area contributed by atoms with E-state index in [2.05, 4.69) is 9.88 Å². The van der Waals surface area contributed by atoms with Gasteiger partial charge in [0.15, 0.2) is 23.2 Å². The first-order valence-corrected chi connectivity index (χ1v) is 8.88. The number of hydrogen-bond acceptors (Lipinski definition) is 5. The fraction of sp³-hybridized carbons (Fsp3) is 0.333. The molecule has 0 aliphatic heterocycles. The van der Waals surface area contributed by atoms with Crippen LogP contribution in [0.2, 0.25) is 0 Å². The molecule has 7 nitrogen and oxygen atoms in total. The molecule has 0 atom stereocenters. The van der Waals surface area contributed by atoms with E-state index in [4.69, 9.17) is 4.52 Å². The minimum absolute atomic E-state index is 0.0880. The Hall–Kier alpha value is -2.40. The lowest BCUT2D eigenvalue weighted by molar-refractivity contribution is -0.116. The first kappa shape index (κ1) is 19.9. The van der Waals surface area contributed by atoms with Crippen LogP contribution in [0, 0.1) is 31.3 Å². The van der Waals surface area contributed by atoms with Gasteiger partial charge in [0.2, 0.25) is 15.9 Å². The van der Waals surface area contributed by atoms with E-state index in [1.165, 1.54) is 13.8 Å². The van der Waals surface area contributed by atoms with Crippen molar-refractivity contribution >= 4 is 21.6 Å². The van der Waals surface area contributed by atoms with Gasteiger partial charge in [0, 0.05) is 20.0 Å². The quantitative estimate of drug-likeness (QED) is 0.761. The number of aryl methyl sites for hydroxylation is 2. The molecule has 0 radical (unpaired) electrons. The zero-order chi connectivity index (χ0) is 19.6. The summed E-state index contributed by atoms with van der Waals surface area (Å²) in [6.07, 6.45) is 0. The molecular weight excluding hydrogens is 375 g/mol. The largest absolute Gasteiger partial charge is 0.360 e. The molecule has 1 aromatic carbocycles. The van der Waals surface area contributed by atoms with Crippen molar-refractivity contribution in [1.29, 1.82) is 0 Å². The van der Waals surface area contributed by atoms with Gasteiger partial charge in [0.1, 0.15) is 10.6 Å². The Bertz CT molecular complexity index is 924. The molecule has 0 saturated carbocycles. The first-order chi connectivity index (χ1) is 12.1. The highest BCUT2D eigenvalue weighted by molar-refractivity contribution is 7.89. The van der Waals surface area contributed by atoms with Crippen molar-refractivity contribution in [2.75, 3.05) is 18.0 Å². The molecule has 0 aliphatic carbocycles. The van der Waals surface area contributed by atoms with Crippen molar-refractivity contribution < 1.29 is 30.9 Å². The number of aromatic nitrogens is 1. The molecule has 1 heterocycles. The number of nitrogens with one attached hydrogen (secondary N) is 1. The number of halogens is 3. The van der Waals surface area contributed by atoms with Crippen molar-refractivity contribution in [3.05, 3.63) is 41.0 Å². The van der Waals surface area contributed by atoms with Crippen molar-refractivity contribution in [2.45, 2.75) is 25.7 Å². The van der Waals surface area contributed by atoms with Gasteiger partial charge in [-0.3, -0.25) is 4.79 Å². The van der Waals surface area contributed by atoms with Crippen LogP contribution in [0.15, 0.2) is 21.6 Å². The molecule has 1 aromatic heterocycles. The van der Waals surface area contributed by atoms with Gasteiger partial charge >= 0.3 is 0 Å². The maximum absolute atomic E-state index is 13.9. The SMILES string of the molecule is CC(=O)N(CCNS(=O)(=O)c1c(C)noc1C)c1ccc(F)c(F)c1F. The molecule has 1 amide bonds. The Morgan fingerprint density at radius 1 is 1.23 bits per heavy atom. The molecule has 0 bridgehead atoms. The monoisotopic (exact) mass is 391 g/mol. The third-order valence-electron chi connectivity index (χ3n) is 3.55. The van der Waals surface area contributed by atoms with Gasteiger partial charge in [-0.2, -0.15) is 0 Å². The Morgan fingerprint density at radius 3 is 2.42 bits per heavy atom. The van der Waals surface area contributed by atoms with Gasteiger partial charge in [-0.1, -0.05) is 5.16 Å². The van der Waals surface area contributed by atoms with Crippen LogP contribution in [-0.4, -0.2) is 32.6 Å². The Labute approximate surface area is 147 Å². The van der Waals surface area contributed by atoms with Gasteiger partial charge in [-0.25, -0.2) is 26.3 Å². The number of nitrogens with zero attached hydrogens (tertiary/aromatic N) is 2. The third kappa shape index (κ3) is 3.88. The van der Waals surface area contributed by atoms with Crippen molar-refractivity contribution in [2.24, 2.45) is 0 Å². The molecule has 2 aromatic rings. The lowest BCUT2D eigenvalue weighted by Crippen LogP contribution is -2.38. The normalized spacial score (nSPS) is 11.6. The summed E-state index contributed by atoms with van der Waals surface area (Å²) < 4.78 is 71.9. The molecular formula is C15H16F3N3O4S. The second-order valence-corrected chi connectivity index (χ2v) is 7.12. The molecule has 0 saturated heterocycles. The van der Waals surface area contributed by atoms with E-state index in [-0.39, 0.29) is 29.4 Å². The minimum Gasteiger partial charge on any atom is -0.360 e. The summed E-state index contributed by atoms with van der Waals surface area (Å²) >= 11 is 0. The number of anilines is 1. The zero-order valence-corrected chi connectivity index (χ0v) is 15.0. The number of carbonyl (C=O) groups is 1. The summed E-state index contributed by atoms with van der Waals surface area (Å²) in [4.78, 5) is 12.4. The number of amides is 1. The van der Waals surface area contributed by atoms with Gasteiger partial charge in [-0.05, 0) is 26.0 Å². The van der Waals surface area contributed by atoms with E-state index >= 15 is 0 Å². The molecule has 0 spiro atoms. The van der Waals surface area contributed by atoms with Crippen LogP contribution in [0.4, 0.5) is 18.9 Å². The predicted octanol–water partition coefficient (Wildman–Crippen LogP) is 2.04. The number of hydrogen-bond donors (Lipinski definition) is 1. The molecule has 0 aliphatic rings. The molecule has 0 fully saturated rings. The smallest absolute Gasteiger partial charge is 0.246 e. The van der Waals surface area contributed by atoms with Crippen LogP contribution in [0.1, 0.15) is 18.4 Å². The van der Waals surface area contributed by atoms with Gasteiger partial charge < -0.3 is 9.42 Å². The fourth-order valence-corrected chi connectivity index (χ4v) is 3.74. The molecule has 0 unspecified atom stereocenters. The summed E-state index contributed by atoms with van der Waals surface area (Å²) in [6, 6.07) is 1.58. The van der Waals surface area contributed by atoms with Crippen LogP contribution in [0.5, 0.6) is 0 Å². The predicted molar refractivity (Wildman–Crippen MR) is 85.5 cm³/mol. The molecule has 142 valence electrons. The highest BCUT2D eigenvalue weighted by Crippen LogP contribution is 2.24. The van der Waals surface area contributed by atoms with Crippen molar-refractivity contribution in [3.63, 3.8) is 0 Å². The Kier molecular flexibility index (Phi) is 5.71. The van der Waals surface area contributed by atoms with Crippen LogP contribution < -0.4 is 9.62 Å². The summed E-state index contributed by atoms with van der Waals surface area (Å²) in [5, 5.41) is 3.55. The van der Waals surface area contributed by atoms with Gasteiger partial charge in [0.25, 0.3) is 0 Å². The number of sulfonamides is 1. The molecule has 2 rings (SSSR count). The molecule has 1 N–H and O–H groups in total. The second-order valence-electron chi connectivity index (χ2n) is 5.42. The van der Waals surface area contributed by atoms with Gasteiger partial charge in [-0.15, -0.1) is 0 Å². The fourth-order valence-electron chi connectivity index (χ4n) is 2.39. The first-order valence-electron chi connectivity index (χ1n) is 7.40. The Balaban J connectivity index is 2.18. The minimum atomic E-state index is -3.98. The van der Waals surface area contributed by atoms with Crippen LogP contribution in [0.25, 0.3) is 0 Å². The molecule has 26 heavy (non-hydrogen) atoms. The van der Waals surface area contributed by atoms with E-state index in [0.717, 1.165) is 17.9 Å². The Morgan fingerprint density at radius 2 is 1.88 bits per heavy atom. The van der Waals surface area contributed by atoms with E-state index in [1.54, 1.807) is 0 Å².